The average Bonchev–Trinajstić information content (AvgIpc) is 2.13. The molecular formula is C12H13Cl2NO3. The molecule has 0 aromatic heterocycles. The molecule has 0 spiro atoms. The van der Waals surface area contributed by atoms with E-state index in [2.05, 4.69) is 10.1 Å². The highest BCUT2D eigenvalue weighted by Gasteiger charge is 2.22. The van der Waals surface area contributed by atoms with E-state index in [1.165, 1.54) is 12.1 Å². The topological polar surface area (TPSA) is 55.4 Å². The van der Waals surface area contributed by atoms with E-state index in [-0.39, 0.29) is 15.6 Å². The summed E-state index contributed by atoms with van der Waals surface area (Å²) in [5, 5.41) is 2.76. The second kappa shape index (κ2) is 5.59. The zero-order chi connectivity index (χ0) is 13.9. The third kappa shape index (κ3) is 4.20. The van der Waals surface area contributed by atoms with Crippen LogP contribution in [0.3, 0.4) is 0 Å². The van der Waals surface area contributed by atoms with Gasteiger partial charge in [-0.3, -0.25) is 0 Å². The molecule has 1 N–H and O–H groups in total. The quantitative estimate of drug-likeness (QED) is 0.634. The van der Waals surface area contributed by atoms with Gasteiger partial charge in [0, 0.05) is 5.54 Å². The molecular weight excluding hydrogens is 277 g/mol. The van der Waals surface area contributed by atoms with Gasteiger partial charge in [0.25, 0.3) is 0 Å². The molecule has 98 valence electrons. The minimum Gasteiger partial charge on any atom is -0.372 e. The van der Waals surface area contributed by atoms with Crippen LogP contribution in [0.15, 0.2) is 18.2 Å². The number of benzene rings is 1. The molecule has 6 heteroatoms. The van der Waals surface area contributed by atoms with Gasteiger partial charge in [0.2, 0.25) is 0 Å². The Hall–Kier alpha value is -1.26. The van der Waals surface area contributed by atoms with Crippen molar-refractivity contribution in [1.29, 1.82) is 0 Å². The number of nitrogens with one attached hydrogen (secondary N) is 1. The van der Waals surface area contributed by atoms with Gasteiger partial charge in [0.1, 0.15) is 0 Å². The zero-order valence-electron chi connectivity index (χ0n) is 10.2. The van der Waals surface area contributed by atoms with Crippen molar-refractivity contribution in [3.05, 3.63) is 33.8 Å². The minimum absolute atomic E-state index is 0.0232. The van der Waals surface area contributed by atoms with Crippen LogP contribution in [-0.4, -0.2) is 17.6 Å². The lowest BCUT2D eigenvalue weighted by Crippen LogP contribution is -2.41. The van der Waals surface area contributed by atoms with E-state index in [0.29, 0.717) is 0 Å². The van der Waals surface area contributed by atoms with Gasteiger partial charge in [-0.15, -0.1) is 0 Å². The van der Waals surface area contributed by atoms with Crippen molar-refractivity contribution in [2.24, 2.45) is 0 Å². The van der Waals surface area contributed by atoms with E-state index in [4.69, 9.17) is 23.2 Å². The van der Waals surface area contributed by atoms with Crippen LogP contribution < -0.4 is 5.32 Å². The van der Waals surface area contributed by atoms with Crippen LogP contribution >= 0.6 is 23.2 Å². The third-order valence-electron chi connectivity index (χ3n) is 1.83. The largest absolute Gasteiger partial charge is 0.415 e. The van der Waals surface area contributed by atoms with Crippen molar-refractivity contribution in [3.63, 3.8) is 0 Å². The van der Waals surface area contributed by atoms with Gasteiger partial charge in [-0.25, -0.2) is 9.59 Å². The molecule has 0 aliphatic rings. The lowest BCUT2D eigenvalue weighted by Gasteiger charge is -2.19. The molecule has 0 bridgehead atoms. The normalized spacial score (nSPS) is 10.9. The summed E-state index contributed by atoms with van der Waals surface area (Å²) in [6, 6.07) is 4.58. The number of alkyl carbamates (subject to hydrolysis) is 1. The number of hydrogen-bond donors (Lipinski definition) is 1. The standard InChI is InChI=1S/C12H13Cl2NO3/c1-12(2,3)15-11(17)18-10(16)9-7(13)5-4-6-8(9)14/h4-6H,1-3H3,(H,15,17). The summed E-state index contributed by atoms with van der Waals surface area (Å²) < 4.78 is 4.62. The van der Waals surface area contributed by atoms with Crippen LogP contribution in [0.2, 0.25) is 10.0 Å². The van der Waals surface area contributed by atoms with Gasteiger partial charge in [0.05, 0.1) is 15.6 Å². The van der Waals surface area contributed by atoms with Gasteiger partial charge < -0.3 is 10.1 Å². The number of halogens is 2. The maximum absolute atomic E-state index is 11.7. The minimum atomic E-state index is -0.882. The van der Waals surface area contributed by atoms with Crippen molar-refractivity contribution in [2.45, 2.75) is 26.3 Å². The van der Waals surface area contributed by atoms with Crippen LogP contribution in [0, 0.1) is 0 Å². The number of carbonyl (C=O) groups is 2. The Morgan fingerprint density at radius 1 is 1.17 bits per heavy atom. The van der Waals surface area contributed by atoms with Crippen LogP contribution in [0.25, 0.3) is 0 Å². The molecule has 4 nitrogen and oxygen atoms in total. The molecule has 0 atom stereocenters. The predicted octanol–water partition coefficient (Wildman–Crippen LogP) is 3.66. The van der Waals surface area contributed by atoms with Crippen molar-refractivity contribution < 1.29 is 14.3 Å². The molecule has 0 saturated heterocycles. The van der Waals surface area contributed by atoms with E-state index in [9.17, 15) is 9.59 Å². The molecule has 18 heavy (non-hydrogen) atoms. The molecule has 1 amide bonds. The number of rotatable bonds is 1. The Kier molecular flexibility index (Phi) is 4.59. The molecule has 0 fully saturated rings. The Bertz CT molecular complexity index is 460. The number of carbonyl (C=O) groups excluding carboxylic acids is 2. The summed E-state index contributed by atoms with van der Waals surface area (Å²) >= 11 is 11.6. The smallest absolute Gasteiger partial charge is 0.372 e. The average molecular weight is 290 g/mol. The fraction of sp³-hybridized carbons (Fsp3) is 0.333. The molecule has 1 aromatic carbocycles. The lowest BCUT2D eigenvalue weighted by molar-refractivity contribution is 0.0612. The second-order valence-electron chi connectivity index (χ2n) is 4.65. The summed E-state index contributed by atoms with van der Waals surface area (Å²) in [5.41, 5.74) is -0.522. The number of ether oxygens (including phenoxy) is 1. The molecule has 0 aliphatic carbocycles. The number of amides is 1. The van der Waals surface area contributed by atoms with Crippen molar-refractivity contribution in [2.75, 3.05) is 0 Å². The lowest BCUT2D eigenvalue weighted by atomic mass is 10.1. The number of hydrogen-bond acceptors (Lipinski definition) is 3. The van der Waals surface area contributed by atoms with E-state index < -0.39 is 17.6 Å². The van der Waals surface area contributed by atoms with E-state index in [0.717, 1.165) is 0 Å². The first-order chi connectivity index (χ1) is 8.20. The van der Waals surface area contributed by atoms with Crippen LogP contribution in [0.5, 0.6) is 0 Å². The number of esters is 1. The third-order valence-corrected chi connectivity index (χ3v) is 2.46. The van der Waals surface area contributed by atoms with Crippen molar-refractivity contribution in [1.82, 2.24) is 5.32 Å². The monoisotopic (exact) mass is 289 g/mol. The van der Waals surface area contributed by atoms with Gasteiger partial charge in [0.15, 0.2) is 0 Å². The Balaban J connectivity index is 2.81. The van der Waals surface area contributed by atoms with Gasteiger partial charge >= 0.3 is 12.1 Å². The fourth-order valence-corrected chi connectivity index (χ4v) is 1.71. The Labute approximate surface area is 115 Å². The predicted molar refractivity (Wildman–Crippen MR) is 70.2 cm³/mol. The zero-order valence-corrected chi connectivity index (χ0v) is 11.7. The van der Waals surface area contributed by atoms with Crippen LogP contribution in [0.4, 0.5) is 4.79 Å². The van der Waals surface area contributed by atoms with E-state index >= 15 is 0 Å². The van der Waals surface area contributed by atoms with E-state index in [1.807, 2.05) is 0 Å². The van der Waals surface area contributed by atoms with Gasteiger partial charge in [-0.05, 0) is 32.9 Å². The molecule has 0 aliphatic heterocycles. The first-order valence-electron chi connectivity index (χ1n) is 5.19. The second-order valence-corrected chi connectivity index (χ2v) is 5.46. The van der Waals surface area contributed by atoms with Crippen LogP contribution in [-0.2, 0) is 4.74 Å². The van der Waals surface area contributed by atoms with Gasteiger partial charge in [-0.1, -0.05) is 29.3 Å². The van der Waals surface area contributed by atoms with Crippen molar-refractivity contribution >= 4 is 35.3 Å². The molecule has 0 unspecified atom stereocenters. The first-order valence-corrected chi connectivity index (χ1v) is 5.94. The Morgan fingerprint density at radius 2 is 1.67 bits per heavy atom. The summed E-state index contributed by atoms with van der Waals surface area (Å²) in [6.45, 7) is 5.30. The highest BCUT2D eigenvalue weighted by atomic mass is 35.5. The first kappa shape index (κ1) is 14.8. The van der Waals surface area contributed by atoms with Gasteiger partial charge in [-0.2, -0.15) is 0 Å². The highest BCUT2D eigenvalue weighted by Crippen LogP contribution is 2.24. The molecule has 0 heterocycles. The van der Waals surface area contributed by atoms with E-state index in [1.54, 1.807) is 26.8 Å². The fourth-order valence-electron chi connectivity index (χ4n) is 1.16. The van der Waals surface area contributed by atoms with Crippen molar-refractivity contribution in [3.8, 4) is 0 Å². The highest BCUT2D eigenvalue weighted by molar-refractivity contribution is 6.39. The summed E-state index contributed by atoms with van der Waals surface area (Å²) in [6.07, 6.45) is -0.844. The maximum Gasteiger partial charge on any atom is 0.415 e. The molecule has 0 radical (unpaired) electrons. The summed E-state index contributed by atoms with van der Waals surface area (Å²) in [5.74, 6) is -0.882. The molecule has 0 saturated carbocycles. The molecule has 1 aromatic rings. The maximum atomic E-state index is 11.7. The molecule has 1 rings (SSSR count). The summed E-state index contributed by atoms with van der Waals surface area (Å²) in [7, 11) is 0. The SMILES string of the molecule is CC(C)(C)NC(=O)OC(=O)c1c(Cl)cccc1Cl. The summed E-state index contributed by atoms with van der Waals surface area (Å²) in [4.78, 5) is 23.2. The van der Waals surface area contributed by atoms with Crippen LogP contribution in [0.1, 0.15) is 31.1 Å². The Morgan fingerprint density at radius 3 is 2.11 bits per heavy atom.